The van der Waals surface area contributed by atoms with Gasteiger partial charge in [0.25, 0.3) is 0 Å². The van der Waals surface area contributed by atoms with Gasteiger partial charge in [0.2, 0.25) is 0 Å². The highest BCUT2D eigenvalue weighted by Gasteiger charge is 2.27. The number of likely N-dealkylation sites (N-methyl/N-ethyl adjacent to an activating group) is 1. The molecule has 4 heteroatoms. The Morgan fingerprint density at radius 1 is 0.833 bits per heavy atom. The molecule has 0 aromatic heterocycles. The number of nitrogens with zero attached hydrogens (tertiary/aromatic N) is 1. The molecule has 24 heavy (non-hydrogen) atoms. The van der Waals surface area contributed by atoms with Gasteiger partial charge in [-0.2, -0.15) is 0 Å². The number of rotatable bonds is 4. The van der Waals surface area contributed by atoms with Gasteiger partial charge in [0, 0.05) is 0 Å². The van der Waals surface area contributed by atoms with Crippen molar-refractivity contribution in [2.45, 2.75) is 12.2 Å². The summed E-state index contributed by atoms with van der Waals surface area (Å²) in [4.78, 5) is 0. The summed E-state index contributed by atoms with van der Waals surface area (Å²) >= 11 is 0. The zero-order valence-corrected chi connectivity index (χ0v) is 16.8. The number of halogens is 1. The Labute approximate surface area is 162 Å². The van der Waals surface area contributed by atoms with Crippen molar-refractivity contribution in [1.82, 2.24) is 0 Å². The summed E-state index contributed by atoms with van der Waals surface area (Å²) in [5.41, 5.74) is 3.66. The highest BCUT2D eigenvalue weighted by molar-refractivity contribution is 5.63. The van der Waals surface area contributed by atoms with Gasteiger partial charge in [-0.15, -0.1) is 0 Å². The summed E-state index contributed by atoms with van der Waals surface area (Å²) in [7, 11) is 6.53. The van der Waals surface area contributed by atoms with E-state index in [9.17, 15) is 0 Å². The molecule has 3 nitrogen and oxygen atoms in total. The lowest BCUT2D eigenvalue weighted by Crippen LogP contribution is -3.00. The third-order valence-electron chi connectivity index (χ3n) is 4.11. The maximum atomic E-state index is 6.03. The fourth-order valence-electron chi connectivity index (χ4n) is 2.97. The Morgan fingerprint density at radius 2 is 1.46 bits per heavy atom. The maximum absolute atomic E-state index is 6.03. The second-order valence-corrected chi connectivity index (χ2v) is 7.24. The lowest BCUT2D eigenvalue weighted by Gasteiger charge is -2.34. The van der Waals surface area contributed by atoms with Crippen molar-refractivity contribution in [2.75, 3.05) is 40.9 Å². The Kier molecular flexibility index (Phi) is 6.80. The second kappa shape index (κ2) is 8.43. The first-order valence-electron chi connectivity index (χ1n) is 8.20. The van der Waals surface area contributed by atoms with E-state index in [1.54, 1.807) is 0 Å². The molecule has 0 spiro atoms. The van der Waals surface area contributed by atoms with E-state index in [4.69, 9.17) is 9.47 Å². The van der Waals surface area contributed by atoms with Crippen LogP contribution in [-0.2, 0) is 9.47 Å². The number of hydrogen-bond acceptors (Lipinski definition) is 2. The molecule has 0 amide bonds. The van der Waals surface area contributed by atoms with Crippen molar-refractivity contribution in [2.24, 2.45) is 0 Å². The highest BCUT2D eigenvalue weighted by atomic mass is 127. The normalized spacial score (nSPS) is 21.1. The summed E-state index contributed by atoms with van der Waals surface area (Å²) < 4.78 is 12.9. The fourth-order valence-corrected chi connectivity index (χ4v) is 2.97. The van der Waals surface area contributed by atoms with Crippen LogP contribution >= 0.6 is 0 Å². The van der Waals surface area contributed by atoms with E-state index < -0.39 is 0 Å². The monoisotopic (exact) mass is 439 g/mol. The van der Waals surface area contributed by atoms with Gasteiger partial charge < -0.3 is 37.9 Å². The van der Waals surface area contributed by atoms with Crippen LogP contribution in [0.25, 0.3) is 11.1 Å². The van der Waals surface area contributed by atoms with Crippen molar-refractivity contribution in [3.8, 4) is 11.1 Å². The molecule has 0 saturated carbocycles. The van der Waals surface area contributed by atoms with Crippen molar-refractivity contribution in [3.05, 3.63) is 60.2 Å². The van der Waals surface area contributed by atoms with E-state index in [1.807, 2.05) is 6.07 Å². The molecule has 0 radical (unpaired) electrons. The van der Waals surface area contributed by atoms with Gasteiger partial charge >= 0.3 is 0 Å². The van der Waals surface area contributed by atoms with Crippen LogP contribution in [0.1, 0.15) is 11.7 Å². The van der Waals surface area contributed by atoms with Crippen LogP contribution < -0.4 is 24.0 Å². The summed E-state index contributed by atoms with van der Waals surface area (Å²) in [6, 6.07) is 19.0. The van der Waals surface area contributed by atoms with E-state index in [2.05, 4.69) is 69.7 Å². The van der Waals surface area contributed by atoms with Crippen LogP contribution in [0, 0.1) is 0 Å². The quantitative estimate of drug-likeness (QED) is 0.511. The predicted molar refractivity (Wildman–Crippen MR) is 93.2 cm³/mol. The smallest absolute Gasteiger partial charge is 0.130 e. The third kappa shape index (κ3) is 5.28. The van der Waals surface area contributed by atoms with E-state index in [1.165, 1.54) is 16.7 Å². The first-order valence-corrected chi connectivity index (χ1v) is 8.20. The minimum atomic E-state index is 0. The Balaban J connectivity index is 0.00000208. The lowest BCUT2D eigenvalue weighted by molar-refractivity contribution is -0.874. The SMILES string of the molecule is C[N+](C)(C)C[C@@H]1CO[C@@H](c2ccc(-c3ccccc3)cc2)CO1.[I-]. The molecule has 1 aliphatic rings. The zero-order valence-electron chi connectivity index (χ0n) is 14.6. The van der Waals surface area contributed by atoms with Gasteiger partial charge in [0.15, 0.2) is 0 Å². The number of ether oxygens (including phenoxy) is 2. The minimum absolute atomic E-state index is 0. The molecule has 1 aliphatic heterocycles. The van der Waals surface area contributed by atoms with Gasteiger partial charge in [-0.05, 0) is 16.7 Å². The first-order chi connectivity index (χ1) is 11.0. The number of quaternary nitrogens is 1. The highest BCUT2D eigenvalue weighted by Crippen LogP contribution is 2.26. The molecule has 2 aromatic carbocycles. The van der Waals surface area contributed by atoms with Crippen molar-refractivity contribution in [1.29, 1.82) is 0 Å². The van der Waals surface area contributed by atoms with Gasteiger partial charge in [-0.25, -0.2) is 0 Å². The summed E-state index contributed by atoms with van der Waals surface area (Å²) in [6.07, 6.45) is 0.235. The third-order valence-corrected chi connectivity index (χ3v) is 4.11. The minimum Gasteiger partial charge on any atom is -1.00 e. The van der Waals surface area contributed by atoms with Crippen molar-refractivity contribution in [3.63, 3.8) is 0 Å². The van der Waals surface area contributed by atoms with Crippen LogP contribution in [0.5, 0.6) is 0 Å². The molecule has 2 atom stereocenters. The van der Waals surface area contributed by atoms with Gasteiger partial charge in [0.1, 0.15) is 18.8 Å². The van der Waals surface area contributed by atoms with Crippen LogP contribution in [-0.4, -0.2) is 51.5 Å². The van der Waals surface area contributed by atoms with Gasteiger partial charge in [0.05, 0.1) is 34.4 Å². The molecular weight excluding hydrogens is 413 g/mol. The van der Waals surface area contributed by atoms with Gasteiger partial charge in [-0.1, -0.05) is 54.6 Å². The maximum Gasteiger partial charge on any atom is 0.130 e. The van der Waals surface area contributed by atoms with Gasteiger partial charge in [-0.3, -0.25) is 0 Å². The molecule has 130 valence electrons. The van der Waals surface area contributed by atoms with Crippen molar-refractivity contribution >= 4 is 0 Å². The average Bonchev–Trinajstić information content (AvgIpc) is 2.55. The molecule has 0 N–H and O–H groups in total. The van der Waals surface area contributed by atoms with E-state index in [0.717, 1.165) is 11.0 Å². The molecule has 1 heterocycles. The largest absolute Gasteiger partial charge is 1.00 e. The molecular formula is C20H26INO2. The summed E-state index contributed by atoms with van der Waals surface area (Å²) in [5, 5.41) is 0. The van der Waals surface area contributed by atoms with Crippen LogP contribution in [0.3, 0.4) is 0 Å². The van der Waals surface area contributed by atoms with Crippen LogP contribution in [0.4, 0.5) is 0 Å². The van der Waals surface area contributed by atoms with E-state index >= 15 is 0 Å². The molecule has 0 bridgehead atoms. The Hall–Kier alpha value is -0.950. The summed E-state index contributed by atoms with van der Waals surface area (Å²) in [6.45, 7) is 2.27. The lowest BCUT2D eigenvalue weighted by atomic mass is 10.0. The van der Waals surface area contributed by atoms with Crippen molar-refractivity contribution < 1.29 is 37.9 Å². The molecule has 0 unspecified atom stereocenters. The Bertz CT molecular complexity index is 614. The topological polar surface area (TPSA) is 18.5 Å². The predicted octanol–water partition coefficient (Wildman–Crippen LogP) is 0.520. The van der Waals surface area contributed by atoms with Crippen LogP contribution in [0.2, 0.25) is 0 Å². The number of hydrogen-bond donors (Lipinski definition) is 0. The summed E-state index contributed by atoms with van der Waals surface area (Å²) in [5.74, 6) is 0. The Morgan fingerprint density at radius 3 is 2.00 bits per heavy atom. The van der Waals surface area contributed by atoms with E-state index in [-0.39, 0.29) is 36.2 Å². The number of benzene rings is 2. The second-order valence-electron chi connectivity index (χ2n) is 7.24. The molecule has 1 fully saturated rings. The molecule has 0 aliphatic carbocycles. The fraction of sp³-hybridized carbons (Fsp3) is 0.400. The standard InChI is InChI=1S/C20H26NO2.HI/c1-21(2,3)13-19-14-23-20(15-22-19)18-11-9-17(10-12-18)16-7-5-4-6-8-16;/h4-12,19-20H,13-15H2,1-3H3;1H/q+1;/p-1/t19-,20-;/m1./s1. The molecule has 3 rings (SSSR count). The molecule has 2 aromatic rings. The van der Waals surface area contributed by atoms with E-state index in [0.29, 0.717) is 13.2 Å². The average molecular weight is 439 g/mol. The first kappa shape index (κ1) is 19.4. The van der Waals surface area contributed by atoms with Crippen LogP contribution in [0.15, 0.2) is 54.6 Å². The molecule has 1 saturated heterocycles. The zero-order chi connectivity index (χ0) is 16.3.